The Balaban J connectivity index is 2.22. The molecule has 0 radical (unpaired) electrons. The molecule has 24 heavy (non-hydrogen) atoms. The van der Waals surface area contributed by atoms with E-state index in [0.29, 0.717) is 17.1 Å². The predicted octanol–water partition coefficient (Wildman–Crippen LogP) is 4.76. The molecular formula is C17H14F3O4+. The largest absolute Gasteiger partial charge is 0.518 e. The number of ether oxygens (including phenoxy) is 2. The van der Waals surface area contributed by atoms with E-state index < -0.39 is 17.9 Å². The highest BCUT2D eigenvalue weighted by molar-refractivity contribution is 5.76. The Labute approximate surface area is 136 Å². The van der Waals surface area contributed by atoms with Crippen LogP contribution in [0.1, 0.15) is 9.99 Å². The third-order valence-corrected chi connectivity index (χ3v) is 2.79. The summed E-state index contributed by atoms with van der Waals surface area (Å²) < 4.78 is 52.6. The Morgan fingerprint density at radius 2 is 1.71 bits per heavy atom. The molecular weight excluding hydrogens is 325 g/mol. The van der Waals surface area contributed by atoms with Crippen LogP contribution in [0.5, 0.6) is 11.5 Å². The Hall–Kier alpha value is -2.96. The summed E-state index contributed by atoms with van der Waals surface area (Å²) in [6, 6.07) is 15.2. The van der Waals surface area contributed by atoms with E-state index in [0.717, 1.165) is 13.4 Å². The summed E-state index contributed by atoms with van der Waals surface area (Å²) in [6.45, 7) is 0. The highest BCUT2D eigenvalue weighted by Crippen LogP contribution is 2.28. The average Bonchev–Trinajstić information content (AvgIpc) is 2.55. The zero-order valence-electron chi connectivity index (χ0n) is 12.6. The zero-order valence-corrected chi connectivity index (χ0v) is 12.6. The summed E-state index contributed by atoms with van der Waals surface area (Å²) in [4.78, 5) is 0. The highest BCUT2D eigenvalue weighted by atomic mass is 19.4. The fourth-order valence-corrected chi connectivity index (χ4v) is 1.73. The van der Waals surface area contributed by atoms with Gasteiger partial charge in [-0.3, -0.25) is 0 Å². The molecule has 126 valence electrons. The second-order valence-corrected chi connectivity index (χ2v) is 4.56. The van der Waals surface area contributed by atoms with Crippen LogP contribution >= 0.6 is 0 Å². The van der Waals surface area contributed by atoms with Gasteiger partial charge in [0.2, 0.25) is 0 Å². The summed E-state index contributed by atoms with van der Waals surface area (Å²) >= 11 is 0. The number of hydrogen-bond acceptors (Lipinski definition) is 3. The molecule has 0 aromatic heterocycles. The van der Waals surface area contributed by atoms with Gasteiger partial charge in [-0.25, -0.2) is 4.42 Å². The molecule has 0 spiro atoms. The van der Waals surface area contributed by atoms with Gasteiger partial charge in [0.15, 0.2) is 0 Å². The molecule has 7 heteroatoms. The van der Waals surface area contributed by atoms with E-state index in [2.05, 4.69) is 9.16 Å². The second kappa shape index (κ2) is 7.54. The number of rotatable bonds is 5. The van der Waals surface area contributed by atoms with E-state index in [1.165, 1.54) is 12.1 Å². The smallest absolute Gasteiger partial charge is 0.474 e. The molecule has 0 aliphatic carbocycles. The third-order valence-electron chi connectivity index (χ3n) is 2.79. The van der Waals surface area contributed by atoms with Gasteiger partial charge in [-0.2, -0.15) is 13.2 Å². The molecule has 2 aromatic rings. The fourth-order valence-electron chi connectivity index (χ4n) is 1.73. The van der Waals surface area contributed by atoms with Crippen LogP contribution in [-0.2, 0) is 4.74 Å². The van der Waals surface area contributed by atoms with Crippen molar-refractivity contribution in [1.82, 2.24) is 0 Å². The second-order valence-electron chi connectivity index (χ2n) is 4.56. The van der Waals surface area contributed by atoms with Gasteiger partial charge in [0.25, 0.3) is 0 Å². The van der Waals surface area contributed by atoms with Crippen molar-refractivity contribution in [3.05, 3.63) is 71.9 Å². The maximum atomic E-state index is 12.8. The number of para-hydroxylation sites is 1. The van der Waals surface area contributed by atoms with E-state index in [9.17, 15) is 13.2 Å². The minimum absolute atomic E-state index is 0.314. The summed E-state index contributed by atoms with van der Waals surface area (Å²) in [7, 11) is 0.902. The average molecular weight is 339 g/mol. The molecule has 0 aliphatic heterocycles. The number of methoxy groups -OCH3 is 1. The molecule has 2 aromatic carbocycles. The van der Waals surface area contributed by atoms with E-state index >= 15 is 0 Å². The van der Waals surface area contributed by atoms with Crippen molar-refractivity contribution in [2.45, 2.75) is 6.18 Å². The Bertz CT molecular complexity index is 737. The fraction of sp³-hybridized carbons (Fsp3) is 0.118. The molecule has 2 rings (SSSR count). The quantitative estimate of drug-likeness (QED) is 0.485. The van der Waals surface area contributed by atoms with Crippen LogP contribution in [-0.4, -0.2) is 24.7 Å². The van der Waals surface area contributed by atoms with Crippen molar-refractivity contribution in [2.75, 3.05) is 7.11 Å². The van der Waals surface area contributed by atoms with Gasteiger partial charge in [0.1, 0.15) is 11.5 Å². The summed E-state index contributed by atoms with van der Waals surface area (Å²) in [5, 5.41) is 9.15. The van der Waals surface area contributed by atoms with Gasteiger partial charge in [-0.15, -0.1) is 0 Å². The molecule has 4 nitrogen and oxygen atoms in total. The first-order valence-corrected chi connectivity index (χ1v) is 6.77. The lowest BCUT2D eigenvalue weighted by atomic mass is 10.2. The summed E-state index contributed by atoms with van der Waals surface area (Å²) in [6.07, 6.45) is -4.05. The van der Waals surface area contributed by atoms with Crippen LogP contribution in [0.25, 0.3) is 0 Å². The maximum Gasteiger partial charge on any atom is 0.518 e. The lowest BCUT2D eigenvalue weighted by Crippen LogP contribution is -2.14. The van der Waals surface area contributed by atoms with E-state index in [1.807, 2.05) is 6.07 Å². The molecule has 0 heterocycles. The number of aldehydes is 1. The highest BCUT2D eigenvalue weighted by Gasteiger charge is 2.49. The first kappa shape index (κ1) is 17.4. The first-order valence-electron chi connectivity index (χ1n) is 6.77. The Morgan fingerprint density at radius 1 is 1.04 bits per heavy atom. The number of alkyl halides is 3. The molecule has 0 saturated heterocycles. The van der Waals surface area contributed by atoms with Crippen molar-refractivity contribution in [2.24, 2.45) is 0 Å². The zero-order chi connectivity index (χ0) is 17.6. The van der Waals surface area contributed by atoms with Gasteiger partial charge in [-0.1, -0.05) is 24.3 Å². The van der Waals surface area contributed by atoms with Crippen molar-refractivity contribution in [1.29, 1.82) is 0 Å². The molecule has 0 bridgehead atoms. The van der Waals surface area contributed by atoms with Crippen LogP contribution in [0.3, 0.4) is 0 Å². The van der Waals surface area contributed by atoms with E-state index in [1.54, 1.807) is 36.4 Å². The third kappa shape index (κ3) is 4.77. The standard InChI is InChI=1S/C17H13F3O4/c1-22-16(21)15(17(18,19)20)23-11-12-6-5-9-14(10-12)24-13-7-3-2-4-8-13/h2-11H,1H3/p+1/b16-15+. The minimum Gasteiger partial charge on any atom is -0.474 e. The molecule has 0 atom stereocenters. The van der Waals surface area contributed by atoms with Gasteiger partial charge >= 0.3 is 24.2 Å². The van der Waals surface area contributed by atoms with Crippen molar-refractivity contribution in [3.8, 4) is 11.5 Å². The van der Waals surface area contributed by atoms with Crippen LogP contribution in [0.4, 0.5) is 13.2 Å². The number of allylic oxidation sites excluding steroid dienone is 1. The van der Waals surface area contributed by atoms with Gasteiger partial charge < -0.3 is 14.6 Å². The van der Waals surface area contributed by atoms with Gasteiger partial charge in [0, 0.05) is 0 Å². The normalized spacial score (nSPS) is 12.8. The Morgan fingerprint density at radius 3 is 2.33 bits per heavy atom. The van der Waals surface area contributed by atoms with E-state index in [4.69, 9.17) is 9.84 Å². The molecule has 0 amide bonds. The molecule has 0 fully saturated rings. The minimum atomic E-state index is -4.89. The lowest BCUT2D eigenvalue weighted by Gasteiger charge is -2.04. The maximum absolute atomic E-state index is 12.8. The van der Waals surface area contributed by atoms with Gasteiger partial charge in [-0.05, 0) is 30.3 Å². The van der Waals surface area contributed by atoms with Crippen LogP contribution in [0, 0.1) is 0 Å². The number of halogens is 3. The number of aliphatic hydroxyl groups is 1. The number of benzene rings is 2. The van der Waals surface area contributed by atoms with Crippen LogP contribution in [0.2, 0.25) is 0 Å². The molecule has 0 aliphatic rings. The van der Waals surface area contributed by atoms with Crippen LogP contribution in [0.15, 0.2) is 66.3 Å². The van der Waals surface area contributed by atoms with Crippen molar-refractivity contribution < 1.29 is 32.2 Å². The van der Waals surface area contributed by atoms with Crippen LogP contribution < -0.4 is 4.74 Å². The predicted molar refractivity (Wildman–Crippen MR) is 81.1 cm³/mol. The first-order chi connectivity index (χ1) is 11.4. The molecule has 1 N–H and O–H groups in total. The lowest BCUT2D eigenvalue weighted by molar-refractivity contribution is -0.292. The summed E-state index contributed by atoms with van der Waals surface area (Å²) in [5.74, 6) is -1.98. The van der Waals surface area contributed by atoms with Crippen molar-refractivity contribution in [3.63, 3.8) is 0 Å². The topological polar surface area (TPSA) is 50.0 Å². The number of carbonyl (C=O) groups excluding carboxylic acids is 1. The Kier molecular flexibility index (Phi) is 5.47. The monoisotopic (exact) mass is 339 g/mol. The van der Waals surface area contributed by atoms with Gasteiger partial charge in [0.05, 0.1) is 12.7 Å². The van der Waals surface area contributed by atoms with E-state index in [-0.39, 0.29) is 0 Å². The SMILES string of the molecule is CO/C(O)=C(/[O+]=Cc1cccc(Oc2ccccc2)c1)C(F)(F)F. The molecule has 0 saturated carbocycles. The van der Waals surface area contributed by atoms with Crippen molar-refractivity contribution >= 4 is 6.29 Å². The number of hydrogen-bond donors (Lipinski definition) is 1. The number of aliphatic hydroxyl groups excluding tert-OH is 1. The summed E-state index contributed by atoms with van der Waals surface area (Å²) in [5.41, 5.74) is 0.314. The molecule has 0 unspecified atom stereocenters.